The van der Waals surface area contributed by atoms with Crippen LogP contribution < -0.4 is 24.8 Å². The van der Waals surface area contributed by atoms with Gasteiger partial charge in [0, 0.05) is 17.7 Å². The largest absolute Gasteiger partial charge is 0.493 e. The van der Waals surface area contributed by atoms with Gasteiger partial charge < -0.3 is 30.0 Å². The first kappa shape index (κ1) is 28.9. The van der Waals surface area contributed by atoms with Gasteiger partial charge in [-0.25, -0.2) is 0 Å². The minimum Gasteiger partial charge on any atom is -0.493 e. The molecule has 1 heterocycles. The molecule has 7 nitrogen and oxygen atoms in total. The lowest BCUT2D eigenvalue weighted by molar-refractivity contribution is -0.117. The van der Waals surface area contributed by atoms with E-state index in [-0.39, 0.29) is 5.91 Å². The van der Waals surface area contributed by atoms with E-state index in [1.165, 1.54) is 0 Å². The monoisotopic (exact) mass is 564 g/mol. The van der Waals surface area contributed by atoms with Crippen LogP contribution in [0.3, 0.4) is 0 Å². The number of amides is 1. The lowest BCUT2D eigenvalue weighted by atomic mass is 9.98. The summed E-state index contributed by atoms with van der Waals surface area (Å²) < 4.78 is 16.9. The number of benzene rings is 4. The van der Waals surface area contributed by atoms with Crippen molar-refractivity contribution in [1.29, 1.82) is 0 Å². The molecule has 7 heteroatoms. The highest BCUT2D eigenvalue weighted by molar-refractivity contribution is 6.25. The highest BCUT2D eigenvalue weighted by atomic mass is 16.5. The number of methoxy groups -OCH3 is 2. The van der Waals surface area contributed by atoms with Crippen molar-refractivity contribution < 1.29 is 24.1 Å². The van der Waals surface area contributed by atoms with Crippen LogP contribution in [-0.4, -0.2) is 50.5 Å². The number of fused-ring (bicyclic) bond motifs is 2. The van der Waals surface area contributed by atoms with Gasteiger partial charge >= 0.3 is 0 Å². The van der Waals surface area contributed by atoms with Gasteiger partial charge in [0.25, 0.3) is 5.91 Å². The SMILES string of the molecule is COc1ccc(CCNC[C@@H](O)[C@H](Cc2ccccc2)NC(=O)C2=Cc3ccccc3Oc3ccccc32)cc1OC. The Kier molecular flexibility index (Phi) is 9.54. The molecule has 0 unspecified atom stereocenters. The van der Waals surface area contributed by atoms with Gasteiger partial charge in [-0.15, -0.1) is 0 Å². The summed E-state index contributed by atoms with van der Waals surface area (Å²) in [5, 5.41) is 17.8. The zero-order chi connectivity index (χ0) is 29.3. The highest BCUT2D eigenvalue weighted by Gasteiger charge is 2.26. The van der Waals surface area contributed by atoms with Crippen molar-refractivity contribution in [3.05, 3.63) is 119 Å². The predicted molar refractivity (Wildman–Crippen MR) is 165 cm³/mol. The molecule has 2 atom stereocenters. The molecule has 0 bridgehead atoms. The molecule has 1 aliphatic heterocycles. The van der Waals surface area contributed by atoms with E-state index in [1.807, 2.05) is 103 Å². The smallest absolute Gasteiger partial charge is 0.252 e. The van der Waals surface area contributed by atoms with E-state index >= 15 is 0 Å². The number of nitrogens with one attached hydrogen (secondary N) is 2. The van der Waals surface area contributed by atoms with E-state index in [2.05, 4.69) is 10.6 Å². The van der Waals surface area contributed by atoms with Crippen molar-refractivity contribution in [3.8, 4) is 23.0 Å². The molecule has 5 rings (SSSR count). The molecular weight excluding hydrogens is 528 g/mol. The zero-order valence-electron chi connectivity index (χ0n) is 23.9. The average Bonchev–Trinajstić information content (AvgIpc) is 3.20. The lowest BCUT2D eigenvalue weighted by Crippen LogP contribution is -2.49. The van der Waals surface area contributed by atoms with E-state index in [4.69, 9.17) is 14.2 Å². The third kappa shape index (κ3) is 7.00. The van der Waals surface area contributed by atoms with E-state index in [1.54, 1.807) is 14.2 Å². The summed E-state index contributed by atoms with van der Waals surface area (Å²) >= 11 is 0. The number of aliphatic hydroxyl groups is 1. The minimum atomic E-state index is -0.829. The highest BCUT2D eigenvalue weighted by Crippen LogP contribution is 2.38. The molecule has 0 spiro atoms. The summed E-state index contributed by atoms with van der Waals surface area (Å²) in [7, 11) is 3.23. The van der Waals surface area contributed by atoms with Gasteiger partial charge in [-0.1, -0.05) is 72.8 Å². The number of para-hydroxylation sites is 2. The van der Waals surface area contributed by atoms with Crippen LogP contribution in [-0.2, 0) is 17.6 Å². The first-order valence-electron chi connectivity index (χ1n) is 14.1. The summed E-state index contributed by atoms with van der Waals surface area (Å²) in [6.45, 7) is 0.956. The van der Waals surface area contributed by atoms with Crippen molar-refractivity contribution in [3.63, 3.8) is 0 Å². The molecule has 4 aromatic carbocycles. The molecule has 1 amide bonds. The summed E-state index contributed by atoms with van der Waals surface area (Å²) in [6.07, 6.45) is 2.24. The van der Waals surface area contributed by atoms with E-state index in [0.29, 0.717) is 53.6 Å². The Labute approximate surface area is 246 Å². The third-order valence-corrected chi connectivity index (χ3v) is 7.33. The Morgan fingerprint density at radius 2 is 1.55 bits per heavy atom. The molecule has 1 aliphatic rings. The zero-order valence-corrected chi connectivity index (χ0v) is 23.9. The molecule has 4 aromatic rings. The first-order valence-corrected chi connectivity index (χ1v) is 14.1. The normalized spacial score (nSPS) is 13.4. The third-order valence-electron chi connectivity index (χ3n) is 7.33. The van der Waals surface area contributed by atoms with Crippen LogP contribution in [0.2, 0.25) is 0 Å². The molecule has 0 radical (unpaired) electrons. The van der Waals surface area contributed by atoms with Gasteiger partial charge in [0.2, 0.25) is 0 Å². The van der Waals surface area contributed by atoms with Crippen molar-refractivity contribution >= 4 is 17.6 Å². The molecule has 42 heavy (non-hydrogen) atoms. The van der Waals surface area contributed by atoms with Gasteiger partial charge in [0.05, 0.1) is 31.9 Å². The molecule has 0 saturated heterocycles. The second kappa shape index (κ2) is 13.9. The van der Waals surface area contributed by atoms with E-state index in [0.717, 1.165) is 23.1 Å². The maximum atomic E-state index is 13.9. The van der Waals surface area contributed by atoms with Gasteiger partial charge in [-0.2, -0.15) is 0 Å². The van der Waals surface area contributed by atoms with Crippen LogP contribution in [0, 0.1) is 0 Å². The second-order valence-electron chi connectivity index (χ2n) is 10.2. The number of hydrogen-bond donors (Lipinski definition) is 3. The van der Waals surface area contributed by atoms with Gasteiger partial charge in [-0.3, -0.25) is 4.79 Å². The summed E-state index contributed by atoms with van der Waals surface area (Å²) in [5.74, 6) is 2.40. The van der Waals surface area contributed by atoms with Crippen LogP contribution in [0.5, 0.6) is 23.0 Å². The molecule has 0 fully saturated rings. The number of rotatable bonds is 12. The molecule has 0 aliphatic carbocycles. The van der Waals surface area contributed by atoms with Crippen LogP contribution in [0.1, 0.15) is 22.3 Å². The summed E-state index contributed by atoms with van der Waals surface area (Å²) in [6, 6.07) is 30.3. The minimum absolute atomic E-state index is 0.270. The fourth-order valence-electron chi connectivity index (χ4n) is 5.07. The number of hydrogen-bond acceptors (Lipinski definition) is 6. The Morgan fingerprint density at radius 3 is 2.33 bits per heavy atom. The van der Waals surface area contributed by atoms with Crippen LogP contribution in [0.25, 0.3) is 11.6 Å². The van der Waals surface area contributed by atoms with Crippen LogP contribution >= 0.6 is 0 Å². The fraction of sp³-hybridized carbons (Fsp3) is 0.229. The second-order valence-corrected chi connectivity index (χ2v) is 10.2. The number of ether oxygens (including phenoxy) is 3. The van der Waals surface area contributed by atoms with Crippen molar-refractivity contribution in [2.24, 2.45) is 0 Å². The van der Waals surface area contributed by atoms with Crippen molar-refractivity contribution in [1.82, 2.24) is 10.6 Å². The Balaban J connectivity index is 1.30. The summed E-state index contributed by atoms with van der Waals surface area (Å²) in [4.78, 5) is 13.9. The molecule has 216 valence electrons. The first-order chi connectivity index (χ1) is 20.6. The maximum absolute atomic E-state index is 13.9. The molecule has 0 aromatic heterocycles. The van der Waals surface area contributed by atoms with Crippen molar-refractivity contribution in [2.75, 3.05) is 27.3 Å². The molecular formula is C35H36N2O5. The van der Waals surface area contributed by atoms with E-state index < -0.39 is 12.1 Å². The van der Waals surface area contributed by atoms with E-state index in [9.17, 15) is 9.90 Å². The average molecular weight is 565 g/mol. The fourth-order valence-corrected chi connectivity index (χ4v) is 5.07. The predicted octanol–water partition coefficient (Wildman–Crippen LogP) is 5.27. The number of carbonyl (C=O) groups is 1. The Bertz CT molecular complexity index is 1540. The molecule has 0 saturated carbocycles. The van der Waals surface area contributed by atoms with Crippen LogP contribution in [0.15, 0.2) is 97.1 Å². The summed E-state index contributed by atoms with van der Waals surface area (Å²) in [5.41, 5.74) is 4.12. The van der Waals surface area contributed by atoms with Crippen LogP contribution in [0.4, 0.5) is 0 Å². The quantitative estimate of drug-likeness (QED) is 0.203. The lowest BCUT2D eigenvalue weighted by Gasteiger charge is -2.25. The van der Waals surface area contributed by atoms with Gasteiger partial charge in [-0.05, 0) is 60.9 Å². The van der Waals surface area contributed by atoms with Crippen molar-refractivity contribution in [2.45, 2.75) is 25.0 Å². The van der Waals surface area contributed by atoms with Gasteiger partial charge in [0.15, 0.2) is 11.5 Å². The number of carbonyl (C=O) groups excluding carboxylic acids is 1. The topological polar surface area (TPSA) is 89.1 Å². The maximum Gasteiger partial charge on any atom is 0.252 e. The molecule has 3 N–H and O–H groups in total. The standard InChI is InChI=1S/C35H36N2O5/c1-40-33-17-16-25(21-34(33)41-2)18-19-36-23-30(38)29(20-24-10-4-3-5-11-24)37-35(39)28-22-26-12-6-8-14-31(26)42-32-15-9-7-13-27(28)32/h3-17,21-22,29-30,36,38H,18-20,23H2,1-2H3,(H,37,39)/t29-,30+/m0/s1. The Morgan fingerprint density at radius 1 is 0.833 bits per heavy atom. The number of aliphatic hydroxyl groups excluding tert-OH is 1. The Hall–Kier alpha value is -4.59. The van der Waals surface area contributed by atoms with Gasteiger partial charge in [0.1, 0.15) is 11.5 Å².